The Morgan fingerprint density at radius 3 is 2.86 bits per heavy atom. The Kier molecular flexibility index (Phi) is 1.92. The van der Waals surface area contributed by atoms with Gasteiger partial charge in [0.2, 0.25) is 0 Å². The fourth-order valence-corrected chi connectivity index (χ4v) is 1.23. The summed E-state index contributed by atoms with van der Waals surface area (Å²) in [4.78, 5) is 3.91. The number of benzene rings is 1. The maximum Gasteiger partial charge on any atom is 0.161 e. The van der Waals surface area contributed by atoms with Crippen LogP contribution in [0.2, 0.25) is 0 Å². The fraction of sp³-hybridized carbons (Fsp3) is 0.111. The van der Waals surface area contributed by atoms with Gasteiger partial charge in [-0.2, -0.15) is 5.10 Å². The van der Waals surface area contributed by atoms with Crippen molar-refractivity contribution in [3.63, 3.8) is 0 Å². The Bertz CT molecular complexity index is 467. The summed E-state index contributed by atoms with van der Waals surface area (Å²) in [6.45, 7) is 0. The average Bonchev–Trinajstić information content (AvgIpc) is 2.56. The topological polar surface area (TPSA) is 50.9 Å². The summed E-state index contributed by atoms with van der Waals surface area (Å²) in [5.74, 6) is 0.00491. The fourth-order valence-electron chi connectivity index (χ4n) is 1.23. The first kappa shape index (κ1) is 8.68. The van der Waals surface area contributed by atoms with Crippen molar-refractivity contribution in [2.24, 2.45) is 7.05 Å². The Labute approximate surface area is 79.6 Å². The third kappa shape index (κ3) is 1.32. The molecule has 1 N–H and O–H groups in total. The zero-order valence-corrected chi connectivity index (χ0v) is 7.48. The van der Waals surface area contributed by atoms with E-state index in [9.17, 15) is 9.50 Å². The summed E-state index contributed by atoms with van der Waals surface area (Å²) in [5.41, 5.74) is 0.338. The van der Waals surface area contributed by atoms with E-state index in [0.717, 1.165) is 0 Å². The minimum atomic E-state index is -0.416. The molecule has 0 radical (unpaired) electrons. The molecule has 0 aliphatic rings. The van der Waals surface area contributed by atoms with Crippen molar-refractivity contribution in [2.45, 2.75) is 0 Å². The number of halogens is 1. The van der Waals surface area contributed by atoms with Crippen LogP contribution in [0.25, 0.3) is 11.4 Å². The largest absolute Gasteiger partial charge is 0.507 e. The first-order valence-electron chi connectivity index (χ1n) is 4.01. The molecule has 0 unspecified atom stereocenters. The molecule has 2 aromatic rings. The highest BCUT2D eigenvalue weighted by Crippen LogP contribution is 2.27. The van der Waals surface area contributed by atoms with Gasteiger partial charge in [0.1, 0.15) is 17.9 Å². The maximum atomic E-state index is 12.9. The lowest BCUT2D eigenvalue weighted by atomic mass is 10.2. The van der Waals surface area contributed by atoms with Crippen molar-refractivity contribution < 1.29 is 9.50 Å². The number of hydrogen-bond acceptors (Lipinski definition) is 3. The van der Waals surface area contributed by atoms with Crippen LogP contribution in [0, 0.1) is 5.82 Å². The zero-order valence-electron chi connectivity index (χ0n) is 7.48. The number of phenols is 1. The van der Waals surface area contributed by atoms with E-state index >= 15 is 0 Å². The summed E-state index contributed by atoms with van der Waals surface area (Å²) in [7, 11) is 1.67. The molecule has 1 aromatic carbocycles. The lowest BCUT2D eigenvalue weighted by Gasteiger charge is -2.02. The third-order valence-electron chi connectivity index (χ3n) is 1.91. The van der Waals surface area contributed by atoms with Gasteiger partial charge in [0.15, 0.2) is 5.82 Å². The van der Waals surface area contributed by atoms with Gasteiger partial charge in [-0.15, -0.1) is 0 Å². The number of nitrogens with zero attached hydrogens (tertiary/aromatic N) is 3. The predicted octanol–water partition coefficient (Wildman–Crippen LogP) is 1.33. The highest BCUT2D eigenvalue weighted by atomic mass is 19.1. The molecule has 14 heavy (non-hydrogen) atoms. The second kappa shape index (κ2) is 3.10. The molecule has 72 valence electrons. The van der Waals surface area contributed by atoms with E-state index in [0.29, 0.717) is 11.4 Å². The molecule has 0 aliphatic carbocycles. The molecule has 0 saturated heterocycles. The monoisotopic (exact) mass is 193 g/mol. The van der Waals surface area contributed by atoms with E-state index in [4.69, 9.17) is 0 Å². The van der Waals surface area contributed by atoms with Gasteiger partial charge < -0.3 is 5.11 Å². The summed E-state index contributed by atoms with van der Waals surface area (Å²) >= 11 is 0. The van der Waals surface area contributed by atoms with Crippen molar-refractivity contribution in [1.29, 1.82) is 0 Å². The molecule has 0 amide bonds. The van der Waals surface area contributed by atoms with Crippen molar-refractivity contribution in [1.82, 2.24) is 14.8 Å². The number of rotatable bonds is 1. The zero-order chi connectivity index (χ0) is 10.1. The number of aryl methyl sites for hydroxylation is 1. The molecule has 0 saturated carbocycles. The highest BCUT2D eigenvalue weighted by Gasteiger charge is 2.10. The molecule has 2 rings (SSSR count). The van der Waals surface area contributed by atoms with Crippen LogP contribution < -0.4 is 0 Å². The van der Waals surface area contributed by atoms with Crippen molar-refractivity contribution >= 4 is 0 Å². The van der Waals surface area contributed by atoms with Crippen LogP contribution >= 0.6 is 0 Å². The summed E-state index contributed by atoms with van der Waals surface area (Å²) in [6, 6.07) is 3.70. The molecule has 0 spiro atoms. The van der Waals surface area contributed by atoms with E-state index < -0.39 is 5.82 Å². The lowest BCUT2D eigenvalue weighted by molar-refractivity contribution is 0.474. The second-order valence-corrected chi connectivity index (χ2v) is 2.87. The Hall–Kier alpha value is -1.91. The summed E-state index contributed by atoms with van der Waals surface area (Å²) in [5, 5.41) is 13.3. The Balaban J connectivity index is 2.62. The second-order valence-electron chi connectivity index (χ2n) is 2.87. The normalized spacial score (nSPS) is 10.4. The average molecular weight is 193 g/mol. The molecule has 1 heterocycles. The van der Waals surface area contributed by atoms with Crippen LogP contribution in [-0.2, 0) is 7.05 Å². The molecule has 0 aliphatic heterocycles. The minimum Gasteiger partial charge on any atom is -0.507 e. The molecule has 0 bridgehead atoms. The molecule has 1 aromatic heterocycles. The summed E-state index contributed by atoms with van der Waals surface area (Å²) in [6.07, 6.45) is 1.35. The van der Waals surface area contributed by atoms with Crippen molar-refractivity contribution in [3.8, 4) is 17.1 Å². The van der Waals surface area contributed by atoms with Crippen LogP contribution in [0.1, 0.15) is 0 Å². The molecule has 4 nitrogen and oxygen atoms in total. The maximum absolute atomic E-state index is 12.9. The summed E-state index contributed by atoms with van der Waals surface area (Å²) < 4.78 is 14.4. The van der Waals surface area contributed by atoms with Crippen LogP contribution in [0.15, 0.2) is 24.5 Å². The number of aromatic hydroxyl groups is 1. The van der Waals surface area contributed by atoms with Crippen LogP contribution in [0.4, 0.5) is 4.39 Å². The predicted molar refractivity (Wildman–Crippen MR) is 48.1 cm³/mol. The number of phenolic OH excluding ortho intramolecular Hbond substituents is 1. The third-order valence-corrected chi connectivity index (χ3v) is 1.91. The lowest BCUT2D eigenvalue weighted by Crippen LogP contribution is -1.95. The van der Waals surface area contributed by atoms with Crippen LogP contribution in [0.3, 0.4) is 0 Å². The van der Waals surface area contributed by atoms with Gasteiger partial charge in [-0.3, -0.25) is 0 Å². The Morgan fingerprint density at radius 1 is 1.43 bits per heavy atom. The smallest absolute Gasteiger partial charge is 0.161 e. The van der Waals surface area contributed by atoms with E-state index in [1.807, 2.05) is 0 Å². The van der Waals surface area contributed by atoms with Gasteiger partial charge in [-0.05, 0) is 18.2 Å². The Morgan fingerprint density at radius 2 is 2.21 bits per heavy atom. The van der Waals surface area contributed by atoms with Gasteiger partial charge in [0, 0.05) is 7.05 Å². The van der Waals surface area contributed by atoms with Gasteiger partial charge in [0.05, 0.1) is 5.56 Å². The molecule has 5 heteroatoms. The van der Waals surface area contributed by atoms with Crippen LogP contribution in [0.5, 0.6) is 5.75 Å². The van der Waals surface area contributed by atoms with Gasteiger partial charge in [0.25, 0.3) is 0 Å². The molecular weight excluding hydrogens is 185 g/mol. The first-order valence-corrected chi connectivity index (χ1v) is 4.01. The van der Waals surface area contributed by atoms with Crippen LogP contribution in [-0.4, -0.2) is 19.9 Å². The van der Waals surface area contributed by atoms with Crippen molar-refractivity contribution in [3.05, 3.63) is 30.3 Å². The van der Waals surface area contributed by atoms with Gasteiger partial charge in [-0.25, -0.2) is 14.1 Å². The van der Waals surface area contributed by atoms with E-state index in [-0.39, 0.29) is 5.75 Å². The first-order chi connectivity index (χ1) is 6.68. The SMILES string of the molecule is Cn1ncnc1-c1cc(F)ccc1O. The van der Waals surface area contributed by atoms with E-state index in [1.165, 1.54) is 29.2 Å². The van der Waals surface area contributed by atoms with E-state index in [1.54, 1.807) is 7.05 Å². The number of hydrogen-bond donors (Lipinski definition) is 1. The van der Waals surface area contributed by atoms with Gasteiger partial charge >= 0.3 is 0 Å². The number of aromatic nitrogens is 3. The van der Waals surface area contributed by atoms with Gasteiger partial charge in [-0.1, -0.05) is 0 Å². The quantitative estimate of drug-likeness (QED) is 0.743. The van der Waals surface area contributed by atoms with Crippen molar-refractivity contribution in [2.75, 3.05) is 0 Å². The standard InChI is InChI=1S/C9H8FN3O/c1-13-9(11-5-12-13)7-4-6(10)2-3-8(7)14/h2-5,14H,1H3. The molecule has 0 atom stereocenters. The highest BCUT2D eigenvalue weighted by molar-refractivity contribution is 5.63. The molecule has 0 fully saturated rings. The molecular formula is C9H8FN3O. The minimum absolute atomic E-state index is 0.0116. The van der Waals surface area contributed by atoms with E-state index in [2.05, 4.69) is 10.1 Å².